The van der Waals surface area contributed by atoms with E-state index in [9.17, 15) is 9.90 Å². The number of hydrogen-bond donors (Lipinski definition) is 1. The van der Waals surface area contributed by atoms with Crippen LogP contribution in [-0.4, -0.2) is 79.5 Å². The van der Waals surface area contributed by atoms with E-state index in [4.69, 9.17) is 9.47 Å². The Bertz CT molecular complexity index is 459. The fraction of sp³-hybridized carbons (Fsp3) is 0.588. The van der Waals surface area contributed by atoms with Crippen molar-refractivity contribution in [3.8, 4) is 5.75 Å². The van der Waals surface area contributed by atoms with Crippen LogP contribution < -0.4 is 4.74 Å². The van der Waals surface area contributed by atoms with Crippen molar-refractivity contribution in [3.63, 3.8) is 0 Å². The first-order valence-electron chi connectivity index (χ1n) is 8.09. The van der Waals surface area contributed by atoms with Crippen LogP contribution in [0.15, 0.2) is 30.3 Å². The molecule has 6 nitrogen and oxygen atoms in total. The molecule has 0 bridgehead atoms. The maximum Gasteiger partial charge on any atom is 0.248 e. The zero-order valence-corrected chi connectivity index (χ0v) is 13.7. The number of carbonyl (C=O) groups excluding carboxylic acids is 1. The molecule has 0 aromatic heterocycles. The predicted octanol–water partition coefficient (Wildman–Crippen LogP) is 0.607. The first-order valence-corrected chi connectivity index (χ1v) is 8.09. The monoisotopic (exact) mass is 322 g/mol. The Hall–Kier alpha value is -1.63. The van der Waals surface area contributed by atoms with Gasteiger partial charge in [-0.2, -0.15) is 0 Å². The number of rotatable bonds is 8. The van der Waals surface area contributed by atoms with Gasteiger partial charge >= 0.3 is 0 Å². The third-order valence-corrected chi connectivity index (χ3v) is 3.71. The minimum absolute atomic E-state index is 0.0152. The lowest BCUT2D eigenvalue weighted by Crippen LogP contribution is -2.51. The van der Waals surface area contributed by atoms with Crippen molar-refractivity contribution in [3.05, 3.63) is 30.3 Å². The lowest BCUT2D eigenvalue weighted by atomic mass is 10.2. The predicted molar refractivity (Wildman–Crippen MR) is 87.5 cm³/mol. The number of β-amino-alcohol motifs (C(OH)–C–C–N with tert-alkyl or cyclic N) is 1. The second-order valence-corrected chi connectivity index (χ2v) is 5.74. The number of para-hydroxylation sites is 1. The Morgan fingerprint density at radius 3 is 2.52 bits per heavy atom. The number of aliphatic hydroxyl groups excluding tert-OH is 1. The number of amides is 1. The molecule has 1 heterocycles. The number of nitrogens with zero attached hydrogens (tertiary/aromatic N) is 2. The Balaban J connectivity index is 1.55. The smallest absolute Gasteiger partial charge is 0.248 e. The second kappa shape index (κ2) is 9.50. The average Bonchev–Trinajstić information content (AvgIpc) is 2.55. The van der Waals surface area contributed by atoms with E-state index in [1.165, 1.54) is 0 Å². The lowest BCUT2D eigenvalue weighted by Gasteiger charge is -2.35. The fourth-order valence-electron chi connectivity index (χ4n) is 2.54. The van der Waals surface area contributed by atoms with Crippen LogP contribution in [0.2, 0.25) is 0 Å². The van der Waals surface area contributed by atoms with Gasteiger partial charge in [0, 0.05) is 32.7 Å². The molecule has 0 radical (unpaired) electrons. The summed E-state index contributed by atoms with van der Waals surface area (Å²) < 4.78 is 10.9. The van der Waals surface area contributed by atoms with Gasteiger partial charge in [0.2, 0.25) is 5.91 Å². The normalized spacial score (nSPS) is 17.0. The van der Waals surface area contributed by atoms with Gasteiger partial charge in [-0.05, 0) is 19.1 Å². The van der Waals surface area contributed by atoms with E-state index >= 15 is 0 Å². The summed E-state index contributed by atoms with van der Waals surface area (Å²) in [6, 6.07) is 9.53. The summed E-state index contributed by atoms with van der Waals surface area (Å²) in [5, 5.41) is 9.37. The van der Waals surface area contributed by atoms with Crippen molar-refractivity contribution >= 4 is 5.91 Å². The van der Waals surface area contributed by atoms with Crippen LogP contribution in [0.5, 0.6) is 5.75 Å². The van der Waals surface area contributed by atoms with E-state index in [2.05, 4.69) is 4.90 Å². The number of piperazine rings is 1. The first kappa shape index (κ1) is 17.7. The highest BCUT2D eigenvalue weighted by molar-refractivity contribution is 5.77. The lowest BCUT2D eigenvalue weighted by molar-refractivity contribution is -0.138. The van der Waals surface area contributed by atoms with Gasteiger partial charge in [0.15, 0.2) is 0 Å². The molecule has 2 rings (SSSR count). The molecule has 128 valence electrons. The van der Waals surface area contributed by atoms with Crippen LogP contribution in [0.25, 0.3) is 0 Å². The Kier molecular flexibility index (Phi) is 7.32. The molecule has 1 amide bonds. The summed E-state index contributed by atoms with van der Waals surface area (Å²) in [5.74, 6) is 0.818. The number of carbonyl (C=O) groups is 1. The minimum atomic E-state index is -0.329. The highest BCUT2D eigenvalue weighted by Crippen LogP contribution is 2.07. The van der Waals surface area contributed by atoms with Gasteiger partial charge in [-0.1, -0.05) is 18.2 Å². The van der Waals surface area contributed by atoms with Crippen LogP contribution in [0.4, 0.5) is 0 Å². The number of hydrogen-bond acceptors (Lipinski definition) is 5. The largest absolute Gasteiger partial charge is 0.491 e. The molecule has 1 aliphatic heterocycles. The van der Waals surface area contributed by atoms with Crippen molar-refractivity contribution in [2.75, 3.05) is 52.5 Å². The zero-order chi connectivity index (χ0) is 16.5. The Morgan fingerprint density at radius 2 is 1.87 bits per heavy atom. The standard InChI is InChI=1S/C17H26N2O4/c1-15(20)13-18-7-9-19(10-8-18)17(21)14-22-11-12-23-16-5-3-2-4-6-16/h2-6,15,20H,7-14H2,1H3. The maximum atomic E-state index is 12.1. The average molecular weight is 322 g/mol. The summed E-state index contributed by atoms with van der Waals surface area (Å²) in [4.78, 5) is 16.0. The van der Waals surface area contributed by atoms with Gasteiger partial charge in [0.05, 0.1) is 12.7 Å². The van der Waals surface area contributed by atoms with Crippen molar-refractivity contribution in [2.24, 2.45) is 0 Å². The van der Waals surface area contributed by atoms with Crippen LogP contribution in [0.3, 0.4) is 0 Å². The van der Waals surface area contributed by atoms with Crippen molar-refractivity contribution in [1.29, 1.82) is 0 Å². The van der Waals surface area contributed by atoms with Gasteiger partial charge in [0.1, 0.15) is 19.0 Å². The van der Waals surface area contributed by atoms with Crippen LogP contribution in [0.1, 0.15) is 6.92 Å². The summed E-state index contributed by atoms with van der Waals surface area (Å²) in [7, 11) is 0. The molecular formula is C17H26N2O4. The molecule has 0 saturated carbocycles. The minimum Gasteiger partial charge on any atom is -0.491 e. The quantitative estimate of drug-likeness (QED) is 0.711. The van der Waals surface area contributed by atoms with E-state index in [1.54, 1.807) is 6.92 Å². The first-order chi connectivity index (χ1) is 11.1. The van der Waals surface area contributed by atoms with Crippen molar-refractivity contribution in [2.45, 2.75) is 13.0 Å². The number of benzene rings is 1. The van der Waals surface area contributed by atoms with E-state index in [-0.39, 0.29) is 18.6 Å². The molecule has 1 saturated heterocycles. The molecule has 23 heavy (non-hydrogen) atoms. The number of ether oxygens (including phenoxy) is 2. The van der Waals surface area contributed by atoms with Crippen LogP contribution in [-0.2, 0) is 9.53 Å². The van der Waals surface area contributed by atoms with E-state index in [0.29, 0.717) is 32.8 Å². The summed E-state index contributed by atoms with van der Waals surface area (Å²) in [5.41, 5.74) is 0. The molecule has 0 spiro atoms. The molecule has 1 unspecified atom stereocenters. The number of aliphatic hydroxyl groups is 1. The molecule has 1 aromatic rings. The maximum absolute atomic E-state index is 12.1. The topological polar surface area (TPSA) is 62.2 Å². The van der Waals surface area contributed by atoms with Crippen molar-refractivity contribution in [1.82, 2.24) is 9.80 Å². The van der Waals surface area contributed by atoms with Gasteiger partial charge < -0.3 is 19.5 Å². The molecule has 1 aliphatic rings. The molecule has 0 aliphatic carbocycles. The molecule has 1 fully saturated rings. The van der Waals surface area contributed by atoms with Gasteiger partial charge in [-0.3, -0.25) is 9.69 Å². The SMILES string of the molecule is CC(O)CN1CCN(C(=O)COCCOc2ccccc2)CC1. The Morgan fingerprint density at radius 1 is 1.17 bits per heavy atom. The van der Waals surface area contributed by atoms with E-state index in [0.717, 1.165) is 18.8 Å². The molecule has 1 N–H and O–H groups in total. The highest BCUT2D eigenvalue weighted by atomic mass is 16.5. The van der Waals surface area contributed by atoms with Crippen LogP contribution in [0, 0.1) is 0 Å². The third kappa shape index (κ3) is 6.56. The fourth-order valence-corrected chi connectivity index (χ4v) is 2.54. The summed E-state index contributed by atoms with van der Waals surface area (Å²) in [6.45, 7) is 6.33. The summed E-state index contributed by atoms with van der Waals surface area (Å²) >= 11 is 0. The van der Waals surface area contributed by atoms with E-state index < -0.39 is 0 Å². The third-order valence-electron chi connectivity index (χ3n) is 3.71. The van der Waals surface area contributed by atoms with Crippen molar-refractivity contribution < 1.29 is 19.4 Å². The van der Waals surface area contributed by atoms with Gasteiger partial charge in [-0.15, -0.1) is 0 Å². The van der Waals surface area contributed by atoms with Crippen LogP contribution >= 0.6 is 0 Å². The van der Waals surface area contributed by atoms with Gasteiger partial charge in [0.25, 0.3) is 0 Å². The zero-order valence-electron chi connectivity index (χ0n) is 13.7. The van der Waals surface area contributed by atoms with Gasteiger partial charge in [-0.25, -0.2) is 0 Å². The molecule has 6 heteroatoms. The molecule has 1 aromatic carbocycles. The molecular weight excluding hydrogens is 296 g/mol. The second-order valence-electron chi connectivity index (χ2n) is 5.74. The summed E-state index contributed by atoms with van der Waals surface area (Å²) in [6.07, 6.45) is -0.329. The molecule has 1 atom stereocenters. The van der Waals surface area contributed by atoms with E-state index in [1.807, 2.05) is 35.2 Å². The highest BCUT2D eigenvalue weighted by Gasteiger charge is 2.21. The Labute approximate surface area is 137 Å².